The predicted molar refractivity (Wildman–Crippen MR) is 86.8 cm³/mol. The Hall–Kier alpha value is -1.43. The molecule has 1 N–H and O–H groups in total. The van der Waals surface area contributed by atoms with Gasteiger partial charge in [-0.2, -0.15) is 8.42 Å². The summed E-state index contributed by atoms with van der Waals surface area (Å²) in [6.45, 7) is 4.02. The molecular weight excluding hydrogens is 322 g/mol. The molecule has 6 heteroatoms. The van der Waals surface area contributed by atoms with Crippen LogP contribution in [-0.2, 0) is 23.0 Å². The summed E-state index contributed by atoms with van der Waals surface area (Å²) in [5, 5.41) is 0.466. The average Bonchev–Trinajstić information content (AvgIpc) is 2.42. The summed E-state index contributed by atoms with van der Waals surface area (Å²) >= 11 is 5.77. The van der Waals surface area contributed by atoms with Crippen LogP contribution in [0.5, 0.6) is 0 Å². The van der Waals surface area contributed by atoms with Crippen LogP contribution in [0.3, 0.4) is 0 Å². The molecule has 2 aromatic rings. The van der Waals surface area contributed by atoms with Crippen molar-refractivity contribution in [1.82, 2.24) is 4.98 Å². The average molecular weight is 340 g/mol. The first kappa shape index (κ1) is 16.9. The number of benzene rings is 1. The summed E-state index contributed by atoms with van der Waals surface area (Å²) in [4.78, 5) is 3.99. The van der Waals surface area contributed by atoms with Crippen molar-refractivity contribution >= 4 is 21.7 Å². The van der Waals surface area contributed by atoms with Crippen molar-refractivity contribution in [2.75, 3.05) is 0 Å². The summed E-state index contributed by atoms with van der Waals surface area (Å²) in [5.74, 6) is 0.304. The monoisotopic (exact) mass is 339 g/mol. The number of hydrogen-bond acceptors (Lipinski definition) is 3. The minimum atomic E-state index is -4.17. The van der Waals surface area contributed by atoms with E-state index < -0.39 is 10.1 Å². The van der Waals surface area contributed by atoms with Crippen molar-refractivity contribution in [3.05, 3.63) is 58.4 Å². The third-order valence-electron chi connectivity index (χ3n) is 3.56. The molecule has 1 unspecified atom stereocenters. The fraction of sp³-hybridized carbons (Fsp3) is 0.312. The highest BCUT2D eigenvalue weighted by Gasteiger charge is 2.13. The smallest absolute Gasteiger partial charge is 0.282 e. The number of aryl methyl sites for hydroxylation is 1. The van der Waals surface area contributed by atoms with E-state index >= 15 is 0 Å². The Kier molecular flexibility index (Phi) is 5.21. The molecule has 0 bridgehead atoms. The topological polar surface area (TPSA) is 67.3 Å². The first-order valence-electron chi connectivity index (χ1n) is 6.93. The molecule has 0 radical (unpaired) electrons. The van der Waals surface area contributed by atoms with Crippen LogP contribution in [-0.4, -0.2) is 18.0 Å². The Labute approximate surface area is 135 Å². The third kappa shape index (κ3) is 4.53. The van der Waals surface area contributed by atoms with Crippen LogP contribution in [0.4, 0.5) is 0 Å². The second kappa shape index (κ2) is 6.77. The molecule has 1 aromatic carbocycles. The Morgan fingerprint density at radius 1 is 1.23 bits per heavy atom. The van der Waals surface area contributed by atoms with E-state index in [0.717, 1.165) is 29.5 Å². The molecule has 1 aromatic heterocycles. The number of hydrogen-bond donors (Lipinski definition) is 1. The number of aromatic nitrogens is 1. The molecule has 0 amide bonds. The Bertz CT molecular complexity index is 757. The van der Waals surface area contributed by atoms with E-state index in [1.807, 2.05) is 13.0 Å². The van der Waals surface area contributed by atoms with Crippen LogP contribution in [0.1, 0.15) is 23.6 Å². The van der Waals surface area contributed by atoms with Gasteiger partial charge in [-0.15, -0.1) is 0 Å². The van der Waals surface area contributed by atoms with Crippen LogP contribution < -0.4 is 0 Å². The molecule has 1 heterocycles. The van der Waals surface area contributed by atoms with Crippen molar-refractivity contribution < 1.29 is 13.0 Å². The lowest BCUT2D eigenvalue weighted by Gasteiger charge is -2.14. The third-order valence-corrected chi connectivity index (χ3v) is 4.63. The number of rotatable bonds is 5. The van der Waals surface area contributed by atoms with Gasteiger partial charge in [-0.1, -0.05) is 30.7 Å². The van der Waals surface area contributed by atoms with Gasteiger partial charge in [0.25, 0.3) is 10.1 Å². The molecule has 2 rings (SSSR count). The lowest BCUT2D eigenvalue weighted by atomic mass is 9.93. The van der Waals surface area contributed by atoms with Crippen molar-refractivity contribution in [2.45, 2.75) is 31.6 Å². The zero-order valence-electron chi connectivity index (χ0n) is 12.5. The minimum Gasteiger partial charge on any atom is -0.282 e. The van der Waals surface area contributed by atoms with E-state index in [9.17, 15) is 8.42 Å². The first-order valence-corrected chi connectivity index (χ1v) is 8.75. The van der Waals surface area contributed by atoms with E-state index in [-0.39, 0.29) is 4.90 Å². The predicted octanol–water partition coefficient (Wildman–Crippen LogP) is 3.71. The van der Waals surface area contributed by atoms with Crippen molar-refractivity contribution in [3.63, 3.8) is 0 Å². The second-order valence-corrected chi connectivity index (χ2v) is 7.37. The van der Waals surface area contributed by atoms with Gasteiger partial charge in [-0.3, -0.25) is 4.55 Å². The fourth-order valence-electron chi connectivity index (χ4n) is 2.41. The zero-order chi connectivity index (χ0) is 16.3. The van der Waals surface area contributed by atoms with Crippen molar-refractivity contribution in [3.8, 4) is 0 Å². The lowest BCUT2D eigenvalue weighted by Crippen LogP contribution is -2.07. The Balaban J connectivity index is 2.14. The highest BCUT2D eigenvalue weighted by Crippen LogP contribution is 2.21. The molecule has 118 valence electrons. The number of halogens is 1. The van der Waals surface area contributed by atoms with E-state index in [4.69, 9.17) is 16.2 Å². The van der Waals surface area contributed by atoms with E-state index in [1.54, 1.807) is 24.4 Å². The summed E-state index contributed by atoms with van der Waals surface area (Å²) in [5.41, 5.74) is 3.01. The molecule has 4 nitrogen and oxygen atoms in total. The van der Waals surface area contributed by atoms with Crippen molar-refractivity contribution in [1.29, 1.82) is 0 Å². The van der Waals surface area contributed by atoms with Gasteiger partial charge in [0.15, 0.2) is 0 Å². The maximum Gasteiger partial charge on any atom is 0.294 e. The summed E-state index contributed by atoms with van der Waals surface area (Å²) in [6, 6.07) is 8.37. The summed E-state index contributed by atoms with van der Waals surface area (Å²) < 4.78 is 31.6. The first-order chi connectivity index (χ1) is 10.3. The molecule has 0 spiro atoms. The molecule has 0 saturated heterocycles. The molecule has 0 aliphatic rings. The maximum absolute atomic E-state index is 11.2. The normalized spacial score (nSPS) is 13.1. The van der Waals surface area contributed by atoms with Gasteiger partial charge in [0.1, 0.15) is 5.15 Å². The Morgan fingerprint density at radius 2 is 1.95 bits per heavy atom. The molecule has 0 fully saturated rings. The van der Waals surface area contributed by atoms with Crippen LogP contribution in [0.2, 0.25) is 5.15 Å². The van der Waals surface area contributed by atoms with Gasteiger partial charge in [-0.25, -0.2) is 4.98 Å². The SMILES string of the molecule is Cc1ccc(S(=O)(=O)O)cc1CC(C)Cc1ccc(Cl)nc1. The lowest BCUT2D eigenvalue weighted by molar-refractivity contribution is 0.482. The van der Waals surface area contributed by atoms with Gasteiger partial charge >= 0.3 is 0 Å². The van der Waals surface area contributed by atoms with Gasteiger partial charge in [0.2, 0.25) is 0 Å². The largest absolute Gasteiger partial charge is 0.294 e. The van der Waals surface area contributed by atoms with Crippen LogP contribution >= 0.6 is 11.6 Å². The van der Waals surface area contributed by atoms with Crippen molar-refractivity contribution in [2.24, 2.45) is 5.92 Å². The highest BCUT2D eigenvalue weighted by atomic mass is 35.5. The van der Waals surface area contributed by atoms with Crippen LogP contribution in [0.15, 0.2) is 41.4 Å². The maximum atomic E-state index is 11.2. The van der Waals surface area contributed by atoms with Gasteiger partial charge in [-0.05, 0) is 60.6 Å². The zero-order valence-corrected chi connectivity index (χ0v) is 14.0. The minimum absolute atomic E-state index is 0.0616. The second-order valence-electron chi connectivity index (χ2n) is 5.57. The van der Waals surface area contributed by atoms with Crippen LogP contribution in [0.25, 0.3) is 0 Å². The standard InChI is InChI=1S/C16H18ClNO3S/c1-11(7-13-4-6-16(17)18-10-13)8-14-9-15(22(19,20)21)5-3-12(14)2/h3-6,9-11H,7-8H2,1-2H3,(H,19,20,21). The van der Waals surface area contributed by atoms with Gasteiger partial charge in [0.05, 0.1) is 4.90 Å². The van der Waals surface area contributed by atoms with Gasteiger partial charge in [0, 0.05) is 6.20 Å². The fourth-order valence-corrected chi connectivity index (χ4v) is 3.05. The summed E-state index contributed by atoms with van der Waals surface area (Å²) in [6.07, 6.45) is 3.29. The molecule has 0 saturated carbocycles. The van der Waals surface area contributed by atoms with Crippen LogP contribution in [0, 0.1) is 12.8 Å². The Morgan fingerprint density at radius 3 is 2.55 bits per heavy atom. The quantitative estimate of drug-likeness (QED) is 0.666. The van der Waals surface area contributed by atoms with E-state index in [0.29, 0.717) is 11.1 Å². The number of pyridine rings is 1. The highest BCUT2D eigenvalue weighted by molar-refractivity contribution is 7.85. The molecule has 0 aliphatic heterocycles. The summed E-state index contributed by atoms with van der Waals surface area (Å²) in [7, 11) is -4.17. The van der Waals surface area contributed by atoms with E-state index in [2.05, 4.69) is 11.9 Å². The number of nitrogens with zero attached hydrogens (tertiary/aromatic N) is 1. The molecule has 1 atom stereocenters. The molecule has 22 heavy (non-hydrogen) atoms. The van der Waals surface area contributed by atoms with E-state index in [1.165, 1.54) is 6.07 Å². The van der Waals surface area contributed by atoms with Gasteiger partial charge < -0.3 is 0 Å². The molecule has 0 aliphatic carbocycles. The molecular formula is C16H18ClNO3S.